The fourth-order valence-electron chi connectivity index (χ4n) is 1.20. The number of nitrogens with one attached hydrogen (secondary N) is 1. The number of hydrogen-bond acceptors (Lipinski definition) is 2. The lowest BCUT2D eigenvalue weighted by molar-refractivity contribution is 0.429. The Morgan fingerprint density at radius 1 is 1.08 bits per heavy atom. The summed E-state index contributed by atoms with van der Waals surface area (Å²) < 4.78 is 4.88. The summed E-state index contributed by atoms with van der Waals surface area (Å²) in [5.74, 6) is 0. The molecule has 0 spiro atoms. The molecule has 12 heavy (non-hydrogen) atoms. The van der Waals surface area contributed by atoms with Crippen LogP contribution in [0.4, 0.5) is 0 Å². The second kappa shape index (κ2) is 11.0. The van der Waals surface area contributed by atoms with Gasteiger partial charge >= 0.3 is 7.62 Å². The average molecular weight is 171 g/mol. The van der Waals surface area contributed by atoms with E-state index < -0.39 is 0 Å². The molecule has 0 fully saturated rings. The summed E-state index contributed by atoms with van der Waals surface area (Å²) in [5.41, 5.74) is 0. The Hall–Kier alpha value is -0.0151. The van der Waals surface area contributed by atoms with E-state index in [1.54, 1.807) is 7.11 Å². The predicted octanol–water partition coefficient (Wildman–Crippen LogP) is 1.85. The monoisotopic (exact) mass is 171 g/mol. The lowest BCUT2D eigenvalue weighted by atomic mass is 10.1. The van der Waals surface area contributed by atoms with Gasteiger partial charge in [0.1, 0.15) is 0 Å². The summed E-state index contributed by atoms with van der Waals surface area (Å²) in [4.78, 5) is 0. The van der Waals surface area contributed by atoms with E-state index in [9.17, 15) is 0 Å². The molecule has 0 saturated heterocycles. The van der Waals surface area contributed by atoms with Crippen LogP contribution in [0.5, 0.6) is 0 Å². The van der Waals surface area contributed by atoms with E-state index in [2.05, 4.69) is 12.2 Å². The van der Waals surface area contributed by atoms with Crippen LogP contribution in [0.1, 0.15) is 45.4 Å². The van der Waals surface area contributed by atoms with Gasteiger partial charge in [0.2, 0.25) is 0 Å². The predicted molar refractivity (Wildman–Crippen MR) is 55.5 cm³/mol. The summed E-state index contributed by atoms with van der Waals surface area (Å²) in [6.45, 7) is 3.35. The second-order valence-electron chi connectivity index (χ2n) is 3.20. The molecule has 0 aliphatic carbocycles. The van der Waals surface area contributed by atoms with Gasteiger partial charge in [0.15, 0.2) is 0 Å². The minimum atomic E-state index is 0.689. The lowest BCUT2D eigenvalue weighted by Gasteiger charge is -2.01. The summed E-state index contributed by atoms with van der Waals surface area (Å²) in [6.07, 6.45) is 8.17. The molecule has 0 aliphatic heterocycles. The van der Waals surface area contributed by atoms with Gasteiger partial charge in [-0.3, -0.25) is 0 Å². The Kier molecular flexibility index (Phi) is 11.0. The molecule has 1 N–H and O–H groups in total. The Labute approximate surface area is 77.4 Å². The van der Waals surface area contributed by atoms with E-state index >= 15 is 0 Å². The van der Waals surface area contributed by atoms with Crippen molar-refractivity contribution in [1.82, 2.24) is 5.23 Å². The first-order valence-electron chi connectivity index (χ1n) is 5.11. The molecule has 0 radical (unpaired) electrons. The number of unbranched alkanes of at least 4 members (excludes halogenated alkanes) is 5. The molecule has 0 rings (SSSR count). The topological polar surface area (TPSA) is 21.3 Å². The second-order valence-corrected chi connectivity index (χ2v) is 3.20. The van der Waals surface area contributed by atoms with Crippen LogP contribution in [0.15, 0.2) is 0 Å². The minimum absolute atomic E-state index is 0.689. The van der Waals surface area contributed by atoms with Crippen LogP contribution in [-0.2, 0) is 4.65 Å². The normalized spacial score (nSPS) is 10.2. The summed E-state index contributed by atoms with van der Waals surface area (Å²) >= 11 is 0. The third-order valence-electron chi connectivity index (χ3n) is 1.95. The SMILES string of the molecule is CCCCCCCCNBOC. The highest BCUT2D eigenvalue weighted by molar-refractivity contribution is 6.23. The Morgan fingerprint density at radius 2 is 1.75 bits per heavy atom. The van der Waals surface area contributed by atoms with Gasteiger partial charge in [-0.25, -0.2) is 0 Å². The van der Waals surface area contributed by atoms with Crippen LogP contribution >= 0.6 is 0 Å². The first-order chi connectivity index (χ1) is 5.91. The Bertz CT molecular complexity index is 70.9. The van der Waals surface area contributed by atoms with Crippen molar-refractivity contribution in [1.29, 1.82) is 0 Å². The van der Waals surface area contributed by atoms with Gasteiger partial charge in [0.25, 0.3) is 0 Å². The number of rotatable bonds is 9. The average Bonchev–Trinajstić information content (AvgIpc) is 2.10. The highest BCUT2D eigenvalue weighted by Gasteiger charge is 1.90. The van der Waals surface area contributed by atoms with Gasteiger partial charge in [-0.05, 0) is 13.0 Å². The molecule has 2 nitrogen and oxygen atoms in total. The van der Waals surface area contributed by atoms with E-state index in [-0.39, 0.29) is 0 Å². The summed E-state index contributed by atoms with van der Waals surface area (Å²) in [6, 6.07) is 0. The van der Waals surface area contributed by atoms with Gasteiger partial charge in [-0.15, -0.1) is 0 Å². The van der Waals surface area contributed by atoms with E-state index in [0.29, 0.717) is 7.62 Å². The highest BCUT2D eigenvalue weighted by Crippen LogP contribution is 2.03. The van der Waals surface area contributed by atoms with Crippen molar-refractivity contribution < 1.29 is 4.65 Å². The Morgan fingerprint density at radius 3 is 2.42 bits per heavy atom. The van der Waals surface area contributed by atoms with Crippen molar-refractivity contribution in [2.45, 2.75) is 45.4 Å². The fraction of sp³-hybridized carbons (Fsp3) is 1.00. The van der Waals surface area contributed by atoms with Crippen LogP contribution in [0.3, 0.4) is 0 Å². The van der Waals surface area contributed by atoms with Gasteiger partial charge in [-0.1, -0.05) is 39.0 Å². The molecule has 0 aromatic carbocycles. The van der Waals surface area contributed by atoms with Gasteiger partial charge in [0.05, 0.1) is 0 Å². The van der Waals surface area contributed by atoms with Crippen LogP contribution in [0.25, 0.3) is 0 Å². The zero-order valence-corrected chi connectivity index (χ0v) is 8.57. The maximum Gasteiger partial charge on any atom is 0.360 e. The standard InChI is InChI=1S/C9H22BNO/c1-3-4-5-6-7-8-9-11-10-12-2/h10-11H,3-9H2,1-2H3. The number of hydrogen-bond donors (Lipinski definition) is 1. The largest absolute Gasteiger partial charge is 0.427 e. The van der Waals surface area contributed by atoms with E-state index in [0.717, 1.165) is 6.54 Å². The van der Waals surface area contributed by atoms with Crippen molar-refractivity contribution in [2.24, 2.45) is 0 Å². The third kappa shape index (κ3) is 9.98. The van der Waals surface area contributed by atoms with Crippen LogP contribution in [-0.4, -0.2) is 21.3 Å². The molecule has 0 aromatic rings. The summed E-state index contributed by atoms with van der Waals surface area (Å²) in [7, 11) is 2.41. The van der Waals surface area contributed by atoms with E-state index in [1.165, 1.54) is 38.5 Å². The highest BCUT2D eigenvalue weighted by atomic mass is 16.4. The molecular formula is C9H22BNO. The molecule has 72 valence electrons. The molecule has 0 saturated carbocycles. The molecule has 3 heteroatoms. The molecule has 0 aliphatic rings. The molecule has 0 bridgehead atoms. The molecule has 0 aromatic heterocycles. The molecule has 0 atom stereocenters. The van der Waals surface area contributed by atoms with Gasteiger partial charge in [-0.2, -0.15) is 0 Å². The van der Waals surface area contributed by atoms with Crippen LogP contribution in [0.2, 0.25) is 0 Å². The zero-order chi connectivity index (χ0) is 9.07. The maximum absolute atomic E-state index is 4.88. The summed E-state index contributed by atoms with van der Waals surface area (Å²) in [5, 5.41) is 3.20. The van der Waals surface area contributed by atoms with Crippen molar-refractivity contribution in [3.63, 3.8) is 0 Å². The fourth-order valence-corrected chi connectivity index (χ4v) is 1.20. The van der Waals surface area contributed by atoms with Crippen molar-refractivity contribution >= 4 is 7.62 Å². The van der Waals surface area contributed by atoms with Crippen LogP contribution < -0.4 is 5.23 Å². The smallest absolute Gasteiger partial charge is 0.360 e. The third-order valence-corrected chi connectivity index (χ3v) is 1.95. The minimum Gasteiger partial charge on any atom is -0.427 e. The first-order valence-corrected chi connectivity index (χ1v) is 5.11. The zero-order valence-electron chi connectivity index (χ0n) is 8.57. The maximum atomic E-state index is 4.88. The molecule has 0 heterocycles. The molecular weight excluding hydrogens is 149 g/mol. The van der Waals surface area contributed by atoms with E-state index in [1.807, 2.05) is 0 Å². The van der Waals surface area contributed by atoms with Gasteiger partial charge in [0, 0.05) is 7.11 Å². The Balaban J connectivity index is 2.73. The van der Waals surface area contributed by atoms with Crippen molar-refractivity contribution in [3.05, 3.63) is 0 Å². The van der Waals surface area contributed by atoms with Crippen molar-refractivity contribution in [2.75, 3.05) is 13.7 Å². The lowest BCUT2D eigenvalue weighted by Crippen LogP contribution is -2.21. The quantitative estimate of drug-likeness (QED) is 0.422. The van der Waals surface area contributed by atoms with Crippen LogP contribution in [0, 0.1) is 0 Å². The molecule has 0 unspecified atom stereocenters. The van der Waals surface area contributed by atoms with Crippen molar-refractivity contribution in [3.8, 4) is 0 Å². The van der Waals surface area contributed by atoms with Gasteiger partial charge < -0.3 is 9.88 Å². The first kappa shape index (κ1) is 12.0. The molecule has 0 amide bonds. The van der Waals surface area contributed by atoms with E-state index in [4.69, 9.17) is 4.65 Å².